The van der Waals surface area contributed by atoms with Crippen LogP contribution >= 0.6 is 0 Å². The van der Waals surface area contributed by atoms with Crippen LogP contribution < -0.4 is 10.5 Å². The average Bonchev–Trinajstić information content (AvgIpc) is 2.33. The second kappa shape index (κ2) is 5.59. The fourth-order valence-electron chi connectivity index (χ4n) is 2.32. The van der Waals surface area contributed by atoms with Gasteiger partial charge in [-0.1, -0.05) is 0 Å². The van der Waals surface area contributed by atoms with Gasteiger partial charge < -0.3 is 15.2 Å². The van der Waals surface area contributed by atoms with Crippen LogP contribution in [0.4, 0.5) is 5.69 Å². The second-order valence-corrected chi connectivity index (χ2v) is 5.04. The zero-order valence-corrected chi connectivity index (χ0v) is 11.3. The number of anilines is 1. The Labute approximate surface area is 109 Å². The van der Waals surface area contributed by atoms with E-state index in [9.17, 15) is 0 Å². The van der Waals surface area contributed by atoms with E-state index >= 15 is 0 Å². The first-order valence-electron chi connectivity index (χ1n) is 6.37. The van der Waals surface area contributed by atoms with Crippen LogP contribution in [0.2, 0.25) is 0 Å². The molecule has 0 aliphatic carbocycles. The first-order valence-corrected chi connectivity index (χ1v) is 6.37. The van der Waals surface area contributed by atoms with Gasteiger partial charge in [0.15, 0.2) is 0 Å². The van der Waals surface area contributed by atoms with E-state index in [1.54, 1.807) is 7.11 Å². The lowest BCUT2D eigenvalue weighted by atomic mass is 10.1. The number of nitrogen functional groups attached to an aromatic ring is 1. The summed E-state index contributed by atoms with van der Waals surface area (Å²) in [6.45, 7) is 6.93. The fourth-order valence-corrected chi connectivity index (χ4v) is 2.32. The van der Waals surface area contributed by atoms with Crippen LogP contribution in [0, 0.1) is 0 Å². The minimum Gasteiger partial charge on any atom is -0.497 e. The Morgan fingerprint density at radius 3 is 2.89 bits per heavy atom. The summed E-state index contributed by atoms with van der Waals surface area (Å²) in [5, 5.41) is 0. The molecule has 1 aliphatic rings. The highest BCUT2D eigenvalue weighted by Crippen LogP contribution is 2.22. The summed E-state index contributed by atoms with van der Waals surface area (Å²) in [6, 6.07) is 6.33. The summed E-state index contributed by atoms with van der Waals surface area (Å²) in [5.41, 5.74) is 7.82. The van der Waals surface area contributed by atoms with Crippen LogP contribution in [0.15, 0.2) is 18.2 Å². The van der Waals surface area contributed by atoms with Gasteiger partial charge in [0.1, 0.15) is 5.75 Å². The molecule has 0 spiro atoms. The highest BCUT2D eigenvalue weighted by molar-refractivity contribution is 5.47. The molecule has 2 N–H and O–H groups in total. The van der Waals surface area contributed by atoms with Gasteiger partial charge >= 0.3 is 0 Å². The van der Waals surface area contributed by atoms with Crippen molar-refractivity contribution in [2.24, 2.45) is 0 Å². The van der Waals surface area contributed by atoms with Crippen molar-refractivity contribution in [1.29, 1.82) is 0 Å². The summed E-state index contributed by atoms with van der Waals surface area (Å²) >= 11 is 0. The van der Waals surface area contributed by atoms with E-state index in [4.69, 9.17) is 15.2 Å². The van der Waals surface area contributed by atoms with Gasteiger partial charge in [-0.15, -0.1) is 0 Å². The van der Waals surface area contributed by atoms with Crippen molar-refractivity contribution in [3.63, 3.8) is 0 Å². The van der Waals surface area contributed by atoms with Crippen LogP contribution in [0.25, 0.3) is 0 Å². The van der Waals surface area contributed by atoms with Gasteiger partial charge in [0, 0.05) is 30.9 Å². The normalized spacial score (nSPS) is 25.1. The molecule has 4 nitrogen and oxygen atoms in total. The molecular formula is C14H22N2O2. The van der Waals surface area contributed by atoms with Crippen molar-refractivity contribution in [2.75, 3.05) is 26.0 Å². The zero-order chi connectivity index (χ0) is 13.1. The highest BCUT2D eigenvalue weighted by Gasteiger charge is 2.23. The molecule has 2 unspecified atom stereocenters. The summed E-state index contributed by atoms with van der Waals surface area (Å²) in [5.74, 6) is 0.818. The molecule has 1 aliphatic heterocycles. The highest BCUT2D eigenvalue weighted by atomic mass is 16.5. The number of ether oxygens (including phenoxy) is 2. The smallest absolute Gasteiger partial charge is 0.121 e. The molecule has 2 atom stereocenters. The summed E-state index contributed by atoms with van der Waals surface area (Å²) in [7, 11) is 1.66. The largest absolute Gasteiger partial charge is 0.497 e. The molecule has 1 fully saturated rings. The van der Waals surface area contributed by atoms with Gasteiger partial charge in [0.25, 0.3) is 0 Å². The zero-order valence-electron chi connectivity index (χ0n) is 11.3. The molecule has 0 bridgehead atoms. The van der Waals surface area contributed by atoms with Crippen LogP contribution in [0.5, 0.6) is 5.75 Å². The molecule has 18 heavy (non-hydrogen) atoms. The van der Waals surface area contributed by atoms with Crippen LogP contribution in [0.3, 0.4) is 0 Å². The van der Waals surface area contributed by atoms with Gasteiger partial charge in [0.05, 0.1) is 19.8 Å². The van der Waals surface area contributed by atoms with E-state index in [2.05, 4.69) is 18.7 Å². The lowest BCUT2D eigenvalue weighted by Gasteiger charge is -2.36. The Bertz CT molecular complexity index is 409. The number of methoxy groups -OCH3 is 1. The lowest BCUT2D eigenvalue weighted by Crippen LogP contribution is -2.46. The number of morpholine rings is 1. The Morgan fingerprint density at radius 2 is 2.17 bits per heavy atom. The minimum absolute atomic E-state index is 0.296. The summed E-state index contributed by atoms with van der Waals surface area (Å²) in [4.78, 5) is 2.42. The molecule has 1 aromatic rings. The van der Waals surface area contributed by atoms with Crippen LogP contribution in [-0.4, -0.2) is 37.3 Å². The van der Waals surface area contributed by atoms with Crippen molar-refractivity contribution in [2.45, 2.75) is 32.5 Å². The van der Waals surface area contributed by atoms with Crippen molar-refractivity contribution in [1.82, 2.24) is 4.90 Å². The summed E-state index contributed by atoms with van der Waals surface area (Å²) < 4.78 is 10.9. The maximum absolute atomic E-state index is 5.88. The first kappa shape index (κ1) is 13.2. The minimum atomic E-state index is 0.296. The SMILES string of the molecule is COc1cc(N)cc(CN2CC(C)OCC2C)c1. The maximum Gasteiger partial charge on any atom is 0.121 e. The van der Waals surface area contributed by atoms with Crippen molar-refractivity contribution in [3.8, 4) is 5.75 Å². The van der Waals surface area contributed by atoms with Crippen LogP contribution in [-0.2, 0) is 11.3 Å². The van der Waals surface area contributed by atoms with Crippen molar-refractivity contribution >= 4 is 5.69 Å². The quantitative estimate of drug-likeness (QED) is 0.832. The van der Waals surface area contributed by atoms with Gasteiger partial charge in [-0.05, 0) is 31.5 Å². The topological polar surface area (TPSA) is 47.7 Å². The third kappa shape index (κ3) is 3.15. The number of nitrogens with two attached hydrogens (primary N) is 1. The number of nitrogens with zero attached hydrogens (tertiary/aromatic N) is 1. The fraction of sp³-hybridized carbons (Fsp3) is 0.571. The van der Waals surface area contributed by atoms with Crippen LogP contribution in [0.1, 0.15) is 19.4 Å². The monoisotopic (exact) mass is 250 g/mol. The molecule has 1 saturated heterocycles. The maximum atomic E-state index is 5.88. The molecule has 1 aromatic carbocycles. The Kier molecular flexibility index (Phi) is 4.09. The molecule has 0 amide bonds. The third-order valence-corrected chi connectivity index (χ3v) is 3.35. The average molecular weight is 250 g/mol. The molecule has 0 radical (unpaired) electrons. The van der Waals surface area contributed by atoms with E-state index in [0.29, 0.717) is 12.1 Å². The van der Waals surface area contributed by atoms with Gasteiger partial charge in [-0.2, -0.15) is 0 Å². The standard InChI is InChI=1S/C14H22N2O2/c1-10-9-18-11(2)7-16(10)8-12-4-13(15)6-14(5-12)17-3/h4-6,10-11H,7-9,15H2,1-3H3. The Hall–Kier alpha value is -1.26. The molecule has 4 heteroatoms. The molecule has 2 rings (SSSR count). The molecule has 0 aromatic heterocycles. The van der Waals surface area contributed by atoms with E-state index in [1.807, 2.05) is 18.2 Å². The second-order valence-electron chi connectivity index (χ2n) is 5.04. The van der Waals surface area contributed by atoms with E-state index in [1.165, 1.54) is 5.56 Å². The Balaban J connectivity index is 2.10. The molecule has 1 heterocycles. The van der Waals surface area contributed by atoms with Gasteiger partial charge in [-0.3, -0.25) is 4.90 Å². The van der Waals surface area contributed by atoms with E-state index < -0.39 is 0 Å². The predicted octanol–water partition coefficient (Wildman–Crippen LogP) is 1.89. The third-order valence-electron chi connectivity index (χ3n) is 3.35. The molecule has 0 saturated carbocycles. The van der Waals surface area contributed by atoms with E-state index in [-0.39, 0.29) is 0 Å². The Morgan fingerprint density at radius 1 is 1.39 bits per heavy atom. The molecular weight excluding hydrogens is 228 g/mol. The number of rotatable bonds is 3. The summed E-state index contributed by atoms with van der Waals surface area (Å²) in [6.07, 6.45) is 0.296. The predicted molar refractivity (Wildman–Crippen MR) is 72.7 cm³/mol. The number of hydrogen-bond donors (Lipinski definition) is 1. The first-order chi connectivity index (χ1) is 8.58. The van der Waals surface area contributed by atoms with E-state index in [0.717, 1.165) is 31.1 Å². The number of benzene rings is 1. The lowest BCUT2D eigenvalue weighted by molar-refractivity contribution is -0.0526. The number of hydrogen-bond acceptors (Lipinski definition) is 4. The van der Waals surface area contributed by atoms with Gasteiger partial charge in [0.2, 0.25) is 0 Å². The van der Waals surface area contributed by atoms with Crippen molar-refractivity contribution in [3.05, 3.63) is 23.8 Å². The van der Waals surface area contributed by atoms with Crippen molar-refractivity contribution < 1.29 is 9.47 Å². The molecule has 100 valence electrons. The van der Waals surface area contributed by atoms with Gasteiger partial charge in [-0.25, -0.2) is 0 Å².